The molecule has 3 rings (SSSR count). The standard InChI is InChI=1S/C19H15ClN6OS/c1-12(22)16(10-21)17(27)11-28-19-25-24-18(13-6-8-23-9-7-13)26(19)15-4-2-14(20)3-5-15/h2-9H,11,22H2,1H3. The van der Waals surface area contributed by atoms with Gasteiger partial charge in [0.15, 0.2) is 16.8 Å². The molecular weight excluding hydrogens is 396 g/mol. The average molecular weight is 411 g/mol. The van der Waals surface area contributed by atoms with Crippen molar-refractivity contribution in [1.82, 2.24) is 19.7 Å². The fraction of sp³-hybridized carbons (Fsp3) is 0.105. The van der Waals surface area contributed by atoms with Crippen molar-refractivity contribution in [2.45, 2.75) is 12.1 Å². The maximum atomic E-state index is 12.3. The molecule has 0 aliphatic heterocycles. The molecule has 0 unspecified atom stereocenters. The number of nitriles is 1. The Bertz CT molecular complexity index is 1070. The summed E-state index contributed by atoms with van der Waals surface area (Å²) < 4.78 is 1.83. The third-order valence-electron chi connectivity index (χ3n) is 3.77. The molecule has 0 aliphatic rings. The normalized spacial score (nSPS) is 11.6. The van der Waals surface area contributed by atoms with Crippen LogP contribution in [0.1, 0.15) is 6.92 Å². The number of aromatic nitrogens is 4. The van der Waals surface area contributed by atoms with Crippen molar-refractivity contribution in [2.24, 2.45) is 5.73 Å². The van der Waals surface area contributed by atoms with E-state index in [0.29, 0.717) is 16.0 Å². The molecule has 0 aliphatic carbocycles. The van der Waals surface area contributed by atoms with E-state index >= 15 is 0 Å². The summed E-state index contributed by atoms with van der Waals surface area (Å²) in [5.41, 5.74) is 7.38. The lowest BCUT2D eigenvalue weighted by molar-refractivity contribution is -0.112. The lowest BCUT2D eigenvalue weighted by Gasteiger charge is -2.10. The van der Waals surface area contributed by atoms with Gasteiger partial charge in [-0.1, -0.05) is 23.4 Å². The molecule has 0 radical (unpaired) electrons. The second kappa shape index (κ2) is 8.69. The van der Waals surface area contributed by atoms with Crippen molar-refractivity contribution in [2.75, 3.05) is 5.75 Å². The van der Waals surface area contributed by atoms with Gasteiger partial charge in [0.1, 0.15) is 11.6 Å². The average Bonchev–Trinajstić information content (AvgIpc) is 3.12. The van der Waals surface area contributed by atoms with E-state index < -0.39 is 0 Å². The number of carbonyl (C=O) groups is 1. The number of nitrogens with two attached hydrogens (primary N) is 1. The smallest absolute Gasteiger partial charge is 0.196 e. The fourth-order valence-electron chi connectivity index (χ4n) is 2.45. The summed E-state index contributed by atoms with van der Waals surface area (Å²) in [5.74, 6) is 0.258. The quantitative estimate of drug-likeness (QED) is 0.376. The fourth-order valence-corrected chi connectivity index (χ4v) is 3.40. The Morgan fingerprint density at radius 3 is 2.50 bits per heavy atom. The van der Waals surface area contributed by atoms with E-state index in [2.05, 4.69) is 15.2 Å². The lowest BCUT2D eigenvalue weighted by Crippen LogP contribution is -2.11. The van der Waals surface area contributed by atoms with Gasteiger partial charge in [0.05, 0.1) is 5.75 Å². The molecule has 3 aromatic rings. The third kappa shape index (κ3) is 4.22. The Kier molecular flexibility index (Phi) is 6.09. The number of halogens is 1. The minimum Gasteiger partial charge on any atom is -0.401 e. The third-order valence-corrected chi connectivity index (χ3v) is 4.95. The van der Waals surface area contributed by atoms with Crippen LogP contribution in [0.5, 0.6) is 0 Å². The van der Waals surface area contributed by atoms with Gasteiger partial charge >= 0.3 is 0 Å². The van der Waals surface area contributed by atoms with Crippen LogP contribution in [0.2, 0.25) is 5.02 Å². The van der Waals surface area contributed by atoms with Crippen LogP contribution in [0.15, 0.2) is 65.2 Å². The number of hydrogen-bond donors (Lipinski definition) is 1. The van der Waals surface area contributed by atoms with Crippen molar-refractivity contribution >= 4 is 29.1 Å². The van der Waals surface area contributed by atoms with Crippen LogP contribution in [0, 0.1) is 11.3 Å². The molecule has 9 heteroatoms. The van der Waals surface area contributed by atoms with Crippen LogP contribution < -0.4 is 5.73 Å². The maximum Gasteiger partial charge on any atom is 0.196 e. The van der Waals surface area contributed by atoms with Crippen molar-refractivity contribution in [1.29, 1.82) is 5.26 Å². The van der Waals surface area contributed by atoms with Crippen LogP contribution in [0.25, 0.3) is 17.1 Å². The Morgan fingerprint density at radius 1 is 1.21 bits per heavy atom. The van der Waals surface area contributed by atoms with Crippen LogP contribution in [0.3, 0.4) is 0 Å². The summed E-state index contributed by atoms with van der Waals surface area (Å²) >= 11 is 7.19. The summed E-state index contributed by atoms with van der Waals surface area (Å²) in [6.07, 6.45) is 3.33. The first-order valence-electron chi connectivity index (χ1n) is 8.15. The van der Waals surface area contributed by atoms with Gasteiger partial charge in [-0.2, -0.15) is 5.26 Å². The highest BCUT2D eigenvalue weighted by atomic mass is 35.5. The van der Waals surface area contributed by atoms with Crippen LogP contribution in [0.4, 0.5) is 0 Å². The predicted octanol–water partition coefficient (Wildman–Crippen LogP) is 3.40. The Hall–Kier alpha value is -3.15. The molecule has 2 N–H and O–H groups in total. The Balaban J connectivity index is 1.99. The van der Waals surface area contributed by atoms with E-state index in [-0.39, 0.29) is 22.8 Å². The first-order valence-corrected chi connectivity index (χ1v) is 9.52. The minimum absolute atomic E-state index is 0.0134. The molecule has 1 aromatic carbocycles. The number of thioether (sulfide) groups is 1. The predicted molar refractivity (Wildman–Crippen MR) is 108 cm³/mol. The SMILES string of the molecule is CC(N)=C(C#N)C(=O)CSc1nnc(-c2ccncc2)n1-c1ccc(Cl)cc1. The van der Waals surface area contributed by atoms with E-state index in [0.717, 1.165) is 11.3 Å². The van der Waals surface area contributed by atoms with Crippen LogP contribution >= 0.6 is 23.4 Å². The van der Waals surface area contributed by atoms with Crippen molar-refractivity contribution < 1.29 is 4.79 Å². The highest BCUT2D eigenvalue weighted by Crippen LogP contribution is 2.28. The van der Waals surface area contributed by atoms with Gasteiger partial charge in [0.2, 0.25) is 0 Å². The monoisotopic (exact) mass is 410 g/mol. The van der Waals surface area contributed by atoms with Gasteiger partial charge < -0.3 is 5.73 Å². The summed E-state index contributed by atoms with van der Waals surface area (Å²) in [6.45, 7) is 1.53. The number of pyridine rings is 1. The van der Waals surface area contributed by atoms with E-state index in [1.54, 1.807) is 24.5 Å². The molecule has 140 valence electrons. The number of Topliss-reactive ketones (excluding diaryl/α,β-unsaturated/α-hetero) is 1. The molecule has 7 nitrogen and oxygen atoms in total. The number of allylic oxidation sites excluding steroid dienone is 2. The van der Waals surface area contributed by atoms with E-state index in [4.69, 9.17) is 22.6 Å². The zero-order valence-corrected chi connectivity index (χ0v) is 16.4. The molecule has 2 aromatic heterocycles. The van der Waals surface area contributed by atoms with Gasteiger partial charge in [-0.3, -0.25) is 14.3 Å². The Labute approximate surface area is 170 Å². The van der Waals surface area contributed by atoms with Gasteiger partial charge in [0, 0.05) is 34.4 Å². The maximum absolute atomic E-state index is 12.3. The second-order valence-corrected chi connectivity index (χ2v) is 7.11. The second-order valence-electron chi connectivity index (χ2n) is 5.74. The number of carbonyl (C=O) groups excluding carboxylic acids is 1. The van der Waals surface area contributed by atoms with Crippen molar-refractivity contribution in [3.63, 3.8) is 0 Å². The molecule has 0 atom stereocenters. The Morgan fingerprint density at radius 2 is 1.89 bits per heavy atom. The van der Waals surface area contributed by atoms with E-state index in [1.807, 2.05) is 34.9 Å². The largest absolute Gasteiger partial charge is 0.401 e. The summed E-state index contributed by atoms with van der Waals surface area (Å²) in [5, 5.41) is 18.7. The number of ketones is 1. The lowest BCUT2D eigenvalue weighted by atomic mass is 10.2. The molecular formula is C19H15ClN6OS. The number of nitrogens with zero attached hydrogens (tertiary/aromatic N) is 5. The zero-order chi connectivity index (χ0) is 20.1. The molecule has 0 bridgehead atoms. The van der Waals surface area contributed by atoms with Gasteiger partial charge in [-0.15, -0.1) is 10.2 Å². The van der Waals surface area contributed by atoms with Gasteiger partial charge in [-0.05, 0) is 43.3 Å². The van der Waals surface area contributed by atoms with E-state index in [1.165, 1.54) is 18.7 Å². The molecule has 28 heavy (non-hydrogen) atoms. The number of hydrogen-bond acceptors (Lipinski definition) is 7. The molecule has 2 heterocycles. The van der Waals surface area contributed by atoms with Crippen LogP contribution in [-0.2, 0) is 4.79 Å². The molecule has 0 saturated heterocycles. The topological polar surface area (TPSA) is 110 Å². The minimum atomic E-state index is -0.358. The highest BCUT2D eigenvalue weighted by molar-refractivity contribution is 7.99. The zero-order valence-electron chi connectivity index (χ0n) is 14.8. The first kappa shape index (κ1) is 19.6. The van der Waals surface area contributed by atoms with E-state index in [9.17, 15) is 4.79 Å². The first-order chi connectivity index (χ1) is 13.5. The number of rotatable bonds is 6. The highest BCUT2D eigenvalue weighted by Gasteiger charge is 2.19. The van der Waals surface area contributed by atoms with Gasteiger partial charge in [-0.25, -0.2) is 0 Å². The molecule has 0 amide bonds. The molecule has 0 saturated carbocycles. The number of benzene rings is 1. The van der Waals surface area contributed by atoms with Gasteiger partial charge in [0.25, 0.3) is 0 Å². The van der Waals surface area contributed by atoms with Crippen molar-refractivity contribution in [3.05, 3.63) is 65.1 Å². The summed E-state index contributed by atoms with van der Waals surface area (Å²) in [6, 6.07) is 12.7. The molecule has 0 spiro atoms. The summed E-state index contributed by atoms with van der Waals surface area (Å²) in [7, 11) is 0. The van der Waals surface area contributed by atoms with Crippen molar-refractivity contribution in [3.8, 4) is 23.1 Å². The molecule has 0 fully saturated rings. The summed E-state index contributed by atoms with van der Waals surface area (Å²) in [4.78, 5) is 16.3. The van der Waals surface area contributed by atoms with Crippen LogP contribution in [-0.4, -0.2) is 31.3 Å².